The number of carbonyl (C=O) groups is 1. The third-order valence-corrected chi connectivity index (χ3v) is 5.95. The lowest BCUT2D eigenvalue weighted by Crippen LogP contribution is -2.09. The normalized spacial score (nSPS) is 12.4. The van der Waals surface area contributed by atoms with Crippen molar-refractivity contribution in [3.63, 3.8) is 0 Å². The Morgan fingerprint density at radius 2 is 1.84 bits per heavy atom. The number of fused-ring (bicyclic) bond motifs is 1. The lowest BCUT2D eigenvalue weighted by molar-refractivity contribution is -0.0493. The third kappa shape index (κ3) is 4.51. The molecule has 12 heteroatoms. The van der Waals surface area contributed by atoms with Crippen LogP contribution in [0, 0.1) is 18.6 Å². The maximum Gasteiger partial charge on any atom is 0.387 e. The molecule has 0 aliphatic heterocycles. The number of para-hydroxylation sites is 1. The number of aromatic nitrogens is 3. The highest BCUT2D eigenvalue weighted by atomic mass is 19.3. The van der Waals surface area contributed by atoms with Crippen LogP contribution in [0.5, 0.6) is 17.4 Å². The van der Waals surface area contributed by atoms with Gasteiger partial charge in [-0.3, -0.25) is 4.79 Å². The average molecular weight is 525 g/mol. The first-order valence-corrected chi connectivity index (χ1v) is 11.2. The highest BCUT2D eigenvalue weighted by molar-refractivity contribution is 6.15. The van der Waals surface area contributed by atoms with Gasteiger partial charge in [-0.25, -0.2) is 18.4 Å². The zero-order chi connectivity index (χ0) is 27.1. The summed E-state index contributed by atoms with van der Waals surface area (Å²) in [6.45, 7) is -1.35. The summed E-state index contributed by atoms with van der Waals surface area (Å²) in [5.74, 6) is -2.94. The van der Waals surface area contributed by atoms with Crippen LogP contribution in [0.15, 0.2) is 54.4 Å². The van der Waals surface area contributed by atoms with Gasteiger partial charge in [-0.15, -0.1) is 0 Å². The standard InChI is InChI=1S/C26H19F4N5O3/c1-12-5-22(38-24-17(27)3-2-4-18(24)28)33-11-20(12)35-25(32)16(10-34-35)23(36)15-6-13-8-19(31)21(37-26(29)30)9-14(13)7-15/h2-5,7-11,26H,6,31-32H2,1H3. The van der Waals surface area contributed by atoms with Crippen LogP contribution in [0.2, 0.25) is 0 Å². The van der Waals surface area contributed by atoms with E-state index in [4.69, 9.17) is 16.2 Å². The van der Waals surface area contributed by atoms with Crippen molar-refractivity contribution in [1.29, 1.82) is 0 Å². The fourth-order valence-electron chi connectivity index (χ4n) is 4.12. The third-order valence-electron chi connectivity index (χ3n) is 5.95. The molecule has 2 aromatic carbocycles. The van der Waals surface area contributed by atoms with Crippen molar-refractivity contribution in [3.8, 4) is 23.1 Å². The molecule has 0 radical (unpaired) electrons. The van der Waals surface area contributed by atoms with E-state index in [2.05, 4.69) is 14.8 Å². The molecule has 0 unspecified atom stereocenters. The van der Waals surface area contributed by atoms with Gasteiger partial charge < -0.3 is 20.9 Å². The lowest BCUT2D eigenvalue weighted by Gasteiger charge is -2.11. The molecule has 194 valence electrons. The maximum absolute atomic E-state index is 13.9. The van der Waals surface area contributed by atoms with Crippen LogP contribution < -0.4 is 20.9 Å². The predicted molar refractivity (Wildman–Crippen MR) is 130 cm³/mol. The van der Waals surface area contributed by atoms with Gasteiger partial charge in [-0.2, -0.15) is 13.9 Å². The minimum atomic E-state index is -3.04. The number of halogens is 4. The smallest absolute Gasteiger partial charge is 0.387 e. The number of pyridine rings is 1. The minimum Gasteiger partial charge on any atom is -0.433 e. The quantitative estimate of drug-likeness (QED) is 0.193. The number of carbonyl (C=O) groups excluding carboxylic acids is 1. The van der Waals surface area contributed by atoms with E-state index in [9.17, 15) is 22.4 Å². The number of hydrogen-bond acceptors (Lipinski definition) is 7. The first-order valence-electron chi connectivity index (χ1n) is 11.2. The number of allylic oxidation sites excluding steroid dienone is 1. The van der Waals surface area contributed by atoms with Gasteiger partial charge in [0, 0.05) is 18.1 Å². The molecule has 2 heterocycles. The van der Waals surface area contributed by atoms with Gasteiger partial charge in [0.05, 0.1) is 29.3 Å². The molecule has 8 nitrogen and oxygen atoms in total. The summed E-state index contributed by atoms with van der Waals surface area (Å²) < 4.78 is 64.1. The Morgan fingerprint density at radius 1 is 1.11 bits per heavy atom. The van der Waals surface area contributed by atoms with E-state index in [0.717, 1.165) is 12.1 Å². The van der Waals surface area contributed by atoms with E-state index < -0.39 is 29.8 Å². The fraction of sp³-hybridized carbons (Fsp3) is 0.115. The Bertz CT molecular complexity index is 1600. The van der Waals surface area contributed by atoms with Crippen molar-refractivity contribution in [1.82, 2.24) is 14.8 Å². The van der Waals surface area contributed by atoms with E-state index in [1.165, 1.54) is 41.3 Å². The molecule has 1 aliphatic rings. The van der Waals surface area contributed by atoms with Crippen molar-refractivity contribution >= 4 is 23.4 Å². The molecule has 0 atom stereocenters. The fourth-order valence-corrected chi connectivity index (χ4v) is 4.12. The Balaban J connectivity index is 1.39. The molecule has 38 heavy (non-hydrogen) atoms. The number of Topliss-reactive ketones (excluding diaryl/α,β-unsaturated/α-hetero) is 1. The predicted octanol–water partition coefficient (Wildman–Crippen LogP) is 5.23. The molecule has 0 spiro atoms. The number of alkyl halides is 2. The molecular formula is C26H19F4N5O3. The van der Waals surface area contributed by atoms with Gasteiger partial charge in [-0.1, -0.05) is 6.07 Å². The highest BCUT2D eigenvalue weighted by Gasteiger charge is 2.26. The number of nitrogens with two attached hydrogens (primary N) is 2. The number of ketones is 1. The summed E-state index contributed by atoms with van der Waals surface area (Å²) in [5.41, 5.74) is 14.7. The number of ether oxygens (including phenoxy) is 2. The van der Waals surface area contributed by atoms with Crippen molar-refractivity contribution in [2.45, 2.75) is 20.0 Å². The molecule has 4 N–H and O–H groups in total. The first-order chi connectivity index (χ1) is 18.1. The molecule has 0 amide bonds. The zero-order valence-corrected chi connectivity index (χ0v) is 19.7. The molecule has 4 aromatic rings. The number of benzene rings is 2. The molecule has 0 saturated heterocycles. The number of aryl methyl sites for hydroxylation is 1. The molecule has 1 aliphatic carbocycles. The zero-order valence-electron chi connectivity index (χ0n) is 19.7. The van der Waals surface area contributed by atoms with E-state index in [1.54, 1.807) is 13.0 Å². The SMILES string of the molecule is Cc1cc(Oc2c(F)cccc2F)ncc1-n1ncc(C(=O)C2=Cc3cc(OC(F)F)c(N)cc3C2)c1N. The second-order valence-electron chi connectivity index (χ2n) is 8.46. The van der Waals surface area contributed by atoms with Crippen molar-refractivity contribution in [2.75, 3.05) is 11.5 Å². The Morgan fingerprint density at radius 3 is 2.53 bits per heavy atom. The van der Waals surface area contributed by atoms with Crippen LogP contribution in [-0.2, 0) is 6.42 Å². The van der Waals surface area contributed by atoms with E-state index >= 15 is 0 Å². The van der Waals surface area contributed by atoms with Crippen LogP contribution >= 0.6 is 0 Å². The first kappa shape index (κ1) is 24.8. The average Bonchev–Trinajstić information content (AvgIpc) is 3.44. The second-order valence-corrected chi connectivity index (χ2v) is 8.46. The summed E-state index contributed by atoms with van der Waals surface area (Å²) in [6, 6.07) is 7.63. The van der Waals surface area contributed by atoms with Gasteiger partial charge in [0.1, 0.15) is 11.6 Å². The molecule has 0 bridgehead atoms. The van der Waals surface area contributed by atoms with Gasteiger partial charge in [-0.05, 0) is 54.0 Å². The number of anilines is 2. The molecule has 5 rings (SSSR count). The van der Waals surface area contributed by atoms with Crippen LogP contribution in [-0.4, -0.2) is 27.2 Å². The van der Waals surface area contributed by atoms with Crippen molar-refractivity contribution in [2.24, 2.45) is 0 Å². The van der Waals surface area contributed by atoms with Crippen LogP contribution in [0.3, 0.4) is 0 Å². The van der Waals surface area contributed by atoms with Gasteiger partial charge >= 0.3 is 6.61 Å². The number of hydrogen-bond donors (Lipinski definition) is 2. The number of nitrogens with zero attached hydrogens (tertiary/aromatic N) is 3. The molecule has 0 fully saturated rings. The monoisotopic (exact) mass is 525 g/mol. The van der Waals surface area contributed by atoms with Crippen molar-refractivity contribution < 1.29 is 31.8 Å². The van der Waals surface area contributed by atoms with E-state index in [0.29, 0.717) is 28.0 Å². The number of rotatable bonds is 7. The number of nitrogen functional groups attached to an aromatic ring is 2. The minimum absolute atomic E-state index is 0.0339. The van der Waals surface area contributed by atoms with Crippen LogP contribution in [0.25, 0.3) is 11.8 Å². The lowest BCUT2D eigenvalue weighted by atomic mass is 10.0. The summed E-state index contributed by atoms with van der Waals surface area (Å²) in [6.07, 6.45) is 4.43. The Labute approximate surface area is 213 Å². The van der Waals surface area contributed by atoms with Gasteiger partial charge in [0.15, 0.2) is 17.4 Å². The Kier molecular flexibility index (Phi) is 6.23. The largest absolute Gasteiger partial charge is 0.433 e. The topological polar surface area (TPSA) is 118 Å². The van der Waals surface area contributed by atoms with E-state index in [1.807, 2.05) is 0 Å². The Hall–Kier alpha value is -4.87. The molecule has 2 aromatic heterocycles. The molecule has 0 saturated carbocycles. The summed E-state index contributed by atoms with van der Waals surface area (Å²) >= 11 is 0. The molecular weight excluding hydrogens is 506 g/mol. The summed E-state index contributed by atoms with van der Waals surface area (Å²) in [4.78, 5) is 17.3. The maximum atomic E-state index is 13.9. The summed E-state index contributed by atoms with van der Waals surface area (Å²) in [5, 5.41) is 4.21. The van der Waals surface area contributed by atoms with Gasteiger partial charge in [0.25, 0.3) is 0 Å². The van der Waals surface area contributed by atoms with Crippen molar-refractivity contribution in [3.05, 3.63) is 88.3 Å². The second kappa shape index (κ2) is 9.54. The van der Waals surface area contributed by atoms with E-state index in [-0.39, 0.29) is 35.1 Å². The van der Waals surface area contributed by atoms with Crippen LogP contribution in [0.4, 0.5) is 29.1 Å². The highest BCUT2D eigenvalue weighted by Crippen LogP contribution is 2.36. The summed E-state index contributed by atoms with van der Waals surface area (Å²) in [7, 11) is 0. The van der Waals surface area contributed by atoms with Gasteiger partial charge in [0.2, 0.25) is 11.6 Å². The van der Waals surface area contributed by atoms with Crippen LogP contribution in [0.1, 0.15) is 27.0 Å².